The zero-order chi connectivity index (χ0) is 23.0. The minimum absolute atomic E-state index is 0.0577. The molecule has 1 aromatic heterocycles. The van der Waals surface area contributed by atoms with Crippen molar-refractivity contribution in [2.45, 2.75) is 58.4 Å². The number of pyridine rings is 1. The molecule has 1 aliphatic carbocycles. The molecule has 2 aliphatic rings. The number of nitrogens with one attached hydrogen (secondary N) is 1. The summed E-state index contributed by atoms with van der Waals surface area (Å²) in [4.78, 5) is 20.0. The fourth-order valence-electron chi connectivity index (χ4n) is 4.95. The number of aromatic nitrogens is 1. The molecular weight excluding hydrogens is 414 g/mol. The molecule has 6 heteroatoms. The largest absolute Gasteiger partial charge is 0.494 e. The monoisotopic (exact) mass is 451 g/mol. The first-order valence-electron chi connectivity index (χ1n) is 12.5. The van der Waals surface area contributed by atoms with Crippen LogP contribution in [0.25, 0.3) is 11.1 Å². The molecule has 4 rings (SSSR count). The molecule has 2 aromatic rings. The highest BCUT2D eigenvalue weighted by Crippen LogP contribution is 2.32. The van der Waals surface area contributed by atoms with Crippen LogP contribution in [0.15, 0.2) is 36.4 Å². The summed E-state index contributed by atoms with van der Waals surface area (Å²) in [6.07, 6.45) is 6.63. The SMILES string of the molecule is CCOc1ccc(-c2ccc(CC(=O)N[C@H](C)C3CCCCC3)nc2N2CCOCC2)cc1. The van der Waals surface area contributed by atoms with E-state index < -0.39 is 0 Å². The Morgan fingerprint density at radius 1 is 1.12 bits per heavy atom. The van der Waals surface area contributed by atoms with E-state index in [0.717, 1.165) is 41.5 Å². The number of carbonyl (C=O) groups excluding carboxylic acids is 1. The van der Waals surface area contributed by atoms with Crippen molar-refractivity contribution >= 4 is 11.7 Å². The highest BCUT2D eigenvalue weighted by Gasteiger charge is 2.23. The zero-order valence-electron chi connectivity index (χ0n) is 20.0. The van der Waals surface area contributed by atoms with Crippen molar-refractivity contribution in [2.24, 2.45) is 5.92 Å². The van der Waals surface area contributed by atoms with Gasteiger partial charge in [0, 0.05) is 24.7 Å². The standard InChI is InChI=1S/C27H37N3O3/c1-3-33-24-12-9-22(10-13-24)25-14-11-23(29-27(25)30-15-17-32-18-16-30)19-26(31)28-20(2)21-7-5-4-6-8-21/h9-14,20-21H,3-8,15-19H2,1-2H3,(H,28,31)/t20-/m1/s1. The van der Waals surface area contributed by atoms with Crippen LogP contribution in [0.4, 0.5) is 5.82 Å². The average molecular weight is 452 g/mol. The Hall–Kier alpha value is -2.60. The van der Waals surface area contributed by atoms with Gasteiger partial charge in [0.15, 0.2) is 0 Å². The van der Waals surface area contributed by atoms with Crippen LogP contribution in [0.5, 0.6) is 5.75 Å². The van der Waals surface area contributed by atoms with Crippen LogP contribution in [-0.4, -0.2) is 49.8 Å². The van der Waals surface area contributed by atoms with E-state index in [0.29, 0.717) is 32.2 Å². The molecule has 2 heterocycles. The molecule has 178 valence electrons. The van der Waals surface area contributed by atoms with Crippen LogP contribution >= 0.6 is 0 Å². The molecule has 0 radical (unpaired) electrons. The fourth-order valence-corrected chi connectivity index (χ4v) is 4.95. The van der Waals surface area contributed by atoms with Gasteiger partial charge in [0.25, 0.3) is 0 Å². The summed E-state index contributed by atoms with van der Waals surface area (Å²) in [6, 6.07) is 12.4. The zero-order valence-corrected chi connectivity index (χ0v) is 20.0. The quantitative estimate of drug-likeness (QED) is 0.635. The molecule has 2 fully saturated rings. The maximum atomic E-state index is 12.8. The van der Waals surface area contributed by atoms with Crippen molar-refractivity contribution in [3.05, 3.63) is 42.1 Å². The molecule has 6 nitrogen and oxygen atoms in total. The minimum Gasteiger partial charge on any atom is -0.494 e. The topological polar surface area (TPSA) is 63.7 Å². The maximum Gasteiger partial charge on any atom is 0.226 e. The highest BCUT2D eigenvalue weighted by molar-refractivity contribution is 5.80. The van der Waals surface area contributed by atoms with Gasteiger partial charge >= 0.3 is 0 Å². The number of hydrogen-bond donors (Lipinski definition) is 1. The summed E-state index contributed by atoms with van der Waals surface area (Å²) >= 11 is 0. The van der Waals surface area contributed by atoms with E-state index in [1.165, 1.54) is 32.1 Å². The molecule has 0 unspecified atom stereocenters. The highest BCUT2D eigenvalue weighted by atomic mass is 16.5. The molecule has 0 bridgehead atoms. The molecule has 1 saturated heterocycles. The Kier molecular flexibility index (Phi) is 8.21. The van der Waals surface area contributed by atoms with E-state index in [1.54, 1.807) is 0 Å². The Morgan fingerprint density at radius 2 is 1.85 bits per heavy atom. The predicted molar refractivity (Wildman–Crippen MR) is 132 cm³/mol. The number of carbonyl (C=O) groups is 1. The van der Waals surface area contributed by atoms with Crippen LogP contribution in [0.1, 0.15) is 51.6 Å². The van der Waals surface area contributed by atoms with Crippen LogP contribution < -0.4 is 15.0 Å². The van der Waals surface area contributed by atoms with Gasteiger partial charge in [0.05, 0.1) is 31.9 Å². The first kappa shape index (κ1) is 23.6. The van der Waals surface area contributed by atoms with Gasteiger partial charge in [-0.1, -0.05) is 31.4 Å². The van der Waals surface area contributed by atoms with Gasteiger partial charge in [0.2, 0.25) is 5.91 Å². The van der Waals surface area contributed by atoms with E-state index in [4.69, 9.17) is 14.5 Å². The van der Waals surface area contributed by atoms with E-state index >= 15 is 0 Å². The fraction of sp³-hybridized carbons (Fsp3) is 0.556. The smallest absolute Gasteiger partial charge is 0.226 e. The lowest BCUT2D eigenvalue weighted by atomic mass is 9.84. The molecule has 1 atom stereocenters. The number of morpholine rings is 1. The summed E-state index contributed by atoms with van der Waals surface area (Å²) < 4.78 is 11.1. The van der Waals surface area contributed by atoms with Gasteiger partial charge in [-0.15, -0.1) is 0 Å². The van der Waals surface area contributed by atoms with E-state index in [2.05, 4.69) is 35.3 Å². The lowest BCUT2D eigenvalue weighted by Gasteiger charge is -2.30. The lowest BCUT2D eigenvalue weighted by molar-refractivity contribution is -0.121. The molecule has 33 heavy (non-hydrogen) atoms. The van der Waals surface area contributed by atoms with Crippen molar-refractivity contribution in [1.82, 2.24) is 10.3 Å². The second-order valence-corrected chi connectivity index (χ2v) is 9.16. The number of ether oxygens (including phenoxy) is 2. The maximum absolute atomic E-state index is 12.8. The van der Waals surface area contributed by atoms with E-state index in [-0.39, 0.29) is 11.9 Å². The van der Waals surface area contributed by atoms with E-state index in [9.17, 15) is 4.79 Å². The molecule has 1 aromatic carbocycles. The first-order chi connectivity index (χ1) is 16.1. The second-order valence-electron chi connectivity index (χ2n) is 9.16. The third kappa shape index (κ3) is 6.26. The summed E-state index contributed by atoms with van der Waals surface area (Å²) in [6.45, 7) is 7.75. The van der Waals surface area contributed by atoms with Crippen molar-refractivity contribution < 1.29 is 14.3 Å². The third-order valence-electron chi connectivity index (χ3n) is 6.81. The van der Waals surface area contributed by atoms with Crippen molar-refractivity contribution in [3.8, 4) is 16.9 Å². The summed E-state index contributed by atoms with van der Waals surface area (Å²) in [7, 11) is 0. The number of benzene rings is 1. The molecule has 0 spiro atoms. The van der Waals surface area contributed by atoms with E-state index in [1.807, 2.05) is 25.1 Å². The van der Waals surface area contributed by atoms with Gasteiger partial charge < -0.3 is 19.7 Å². The Labute approximate surface area is 197 Å². The minimum atomic E-state index is 0.0577. The lowest BCUT2D eigenvalue weighted by Crippen LogP contribution is -2.40. The molecule has 1 aliphatic heterocycles. The third-order valence-corrected chi connectivity index (χ3v) is 6.81. The van der Waals surface area contributed by atoms with Gasteiger partial charge in [-0.3, -0.25) is 4.79 Å². The Balaban J connectivity index is 1.51. The van der Waals surface area contributed by atoms with Crippen molar-refractivity contribution in [2.75, 3.05) is 37.8 Å². The van der Waals surface area contributed by atoms with Crippen LogP contribution in [0.3, 0.4) is 0 Å². The first-order valence-corrected chi connectivity index (χ1v) is 12.5. The van der Waals surface area contributed by atoms with Crippen molar-refractivity contribution in [1.29, 1.82) is 0 Å². The summed E-state index contributed by atoms with van der Waals surface area (Å²) in [5.74, 6) is 2.44. The number of amides is 1. The number of hydrogen-bond acceptors (Lipinski definition) is 5. The van der Waals surface area contributed by atoms with Crippen molar-refractivity contribution in [3.63, 3.8) is 0 Å². The summed E-state index contributed by atoms with van der Waals surface area (Å²) in [5, 5.41) is 3.24. The summed E-state index contributed by atoms with van der Waals surface area (Å²) in [5.41, 5.74) is 2.97. The number of anilines is 1. The van der Waals surface area contributed by atoms with Crippen LogP contribution in [0.2, 0.25) is 0 Å². The predicted octanol–water partition coefficient (Wildman–Crippen LogP) is 4.61. The van der Waals surface area contributed by atoms with Crippen LogP contribution in [-0.2, 0) is 16.0 Å². The molecule has 1 amide bonds. The van der Waals surface area contributed by atoms with Gasteiger partial charge in [-0.25, -0.2) is 4.98 Å². The van der Waals surface area contributed by atoms with Gasteiger partial charge in [0.1, 0.15) is 11.6 Å². The van der Waals surface area contributed by atoms with Gasteiger partial charge in [-0.2, -0.15) is 0 Å². The number of nitrogens with zero attached hydrogens (tertiary/aromatic N) is 2. The van der Waals surface area contributed by atoms with Gasteiger partial charge in [-0.05, 0) is 62.4 Å². The molecular formula is C27H37N3O3. The molecule has 1 N–H and O–H groups in total. The normalized spacial score (nSPS) is 18.1. The van der Waals surface area contributed by atoms with Crippen LogP contribution in [0, 0.1) is 5.92 Å². The Bertz CT molecular complexity index is 903. The molecule has 1 saturated carbocycles. The Morgan fingerprint density at radius 3 is 2.55 bits per heavy atom. The average Bonchev–Trinajstić information content (AvgIpc) is 2.86. The second kappa shape index (κ2) is 11.5. The number of rotatable bonds is 8.